The molecule has 0 aromatic heterocycles. The van der Waals surface area contributed by atoms with E-state index in [0.29, 0.717) is 38.3 Å². The zero-order chi connectivity index (χ0) is 20.1. The zero-order valence-electron chi connectivity index (χ0n) is 16.2. The zero-order valence-corrected chi connectivity index (χ0v) is 16.2. The molecule has 5 heteroatoms. The number of benzene rings is 3. The number of nitrogens with zero attached hydrogens (tertiary/aromatic N) is 2. The van der Waals surface area contributed by atoms with Crippen molar-refractivity contribution in [2.24, 2.45) is 0 Å². The molecule has 1 fully saturated rings. The Balaban J connectivity index is 1.42. The molecule has 0 radical (unpaired) electrons. The molecule has 5 nitrogen and oxygen atoms in total. The highest BCUT2D eigenvalue weighted by atomic mass is 16.5. The molecule has 1 N–H and O–H groups in total. The van der Waals surface area contributed by atoms with E-state index in [1.807, 2.05) is 77.7 Å². The second-order valence-corrected chi connectivity index (χ2v) is 7.03. The van der Waals surface area contributed by atoms with Crippen molar-refractivity contribution in [3.8, 4) is 11.5 Å². The van der Waals surface area contributed by atoms with Gasteiger partial charge in [-0.3, -0.25) is 4.79 Å². The van der Waals surface area contributed by atoms with Crippen LogP contribution in [-0.4, -0.2) is 42.1 Å². The molecule has 1 saturated heterocycles. The summed E-state index contributed by atoms with van der Waals surface area (Å²) >= 11 is 0. The van der Waals surface area contributed by atoms with Crippen LogP contribution in [0.2, 0.25) is 0 Å². The van der Waals surface area contributed by atoms with Crippen LogP contribution >= 0.6 is 0 Å². The van der Waals surface area contributed by atoms with Crippen molar-refractivity contribution >= 4 is 11.6 Å². The van der Waals surface area contributed by atoms with Gasteiger partial charge in [0, 0.05) is 37.3 Å². The predicted octanol–water partition coefficient (Wildman–Crippen LogP) is 3.93. The number of anilines is 1. The number of hydrogen-bond acceptors (Lipinski definition) is 4. The number of phenols is 1. The largest absolute Gasteiger partial charge is 0.506 e. The minimum absolute atomic E-state index is 0.0224. The lowest BCUT2D eigenvalue weighted by Crippen LogP contribution is -2.49. The topological polar surface area (TPSA) is 53.0 Å². The standard InChI is InChI=1S/C24H24N2O3/c27-23-13-7-6-12-22(23)25-14-16-26(17-15-25)24(28)21-11-5-4-8-19(21)18-29-20-9-2-1-3-10-20/h1-13,27H,14-18H2. The summed E-state index contributed by atoms with van der Waals surface area (Å²) in [4.78, 5) is 17.1. The Hall–Kier alpha value is -3.47. The van der Waals surface area contributed by atoms with Crippen LogP contribution < -0.4 is 9.64 Å². The van der Waals surface area contributed by atoms with Crippen LogP contribution in [-0.2, 0) is 6.61 Å². The second-order valence-electron chi connectivity index (χ2n) is 7.03. The summed E-state index contributed by atoms with van der Waals surface area (Å²) < 4.78 is 5.85. The van der Waals surface area contributed by atoms with Crippen molar-refractivity contribution in [1.29, 1.82) is 0 Å². The molecule has 4 rings (SSSR count). The lowest BCUT2D eigenvalue weighted by molar-refractivity contribution is 0.0744. The fourth-order valence-corrected chi connectivity index (χ4v) is 3.58. The van der Waals surface area contributed by atoms with Crippen molar-refractivity contribution < 1.29 is 14.6 Å². The molecule has 1 amide bonds. The van der Waals surface area contributed by atoms with Crippen LogP contribution in [0.1, 0.15) is 15.9 Å². The van der Waals surface area contributed by atoms with E-state index in [0.717, 1.165) is 17.0 Å². The molecule has 0 saturated carbocycles. The summed E-state index contributed by atoms with van der Waals surface area (Å²) in [6.07, 6.45) is 0. The quantitative estimate of drug-likeness (QED) is 0.720. The molecule has 148 valence electrons. The van der Waals surface area contributed by atoms with Crippen LogP contribution in [0.5, 0.6) is 11.5 Å². The van der Waals surface area contributed by atoms with Crippen LogP contribution in [0, 0.1) is 0 Å². The molecule has 0 unspecified atom stereocenters. The number of aromatic hydroxyl groups is 1. The maximum atomic E-state index is 13.1. The van der Waals surface area contributed by atoms with Gasteiger partial charge in [0.1, 0.15) is 18.1 Å². The number of piperazine rings is 1. The number of para-hydroxylation sites is 3. The molecule has 0 atom stereocenters. The smallest absolute Gasteiger partial charge is 0.254 e. The van der Waals surface area contributed by atoms with E-state index in [1.165, 1.54) is 0 Å². The van der Waals surface area contributed by atoms with E-state index in [9.17, 15) is 9.90 Å². The van der Waals surface area contributed by atoms with Gasteiger partial charge in [-0.2, -0.15) is 0 Å². The van der Waals surface area contributed by atoms with Crippen molar-refractivity contribution in [3.05, 3.63) is 90.0 Å². The third-order valence-electron chi connectivity index (χ3n) is 5.17. The normalized spacial score (nSPS) is 13.9. The maximum Gasteiger partial charge on any atom is 0.254 e. The van der Waals surface area contributed by atoms with Gasteiger partial charge in [0.05, 0.1) is 5.69 Å². The van der Waals surface area contributed by atoms with Gasteiger partial charge < -0.3 is 19.6 Å². The molecule has 29 heavy (non-hydrogen) atoms. The van der Waals surface area contributed by atoms with Gasteiger partial charge in [-0.25, -0.2) is 0 Å². The Morgan fingerprint density at radius 2 is 1.48 bits per heavy atom. The Morgan fingerprint density at radius 3 is 2.24 bits per heavy atom. The Bertz CT molecular complexity index is 967. The Labute approximate surface area is 170 Å². The lowest BCUT2D eigenvalue weighted by Gasteiger charge is -2.36. The summed E-state index contributed by atoms with van der Waals surface area (Å²) in [5, 5.41) is 10.1. The number of carbonyl (C=O) groups excluding carboxylic acids is 1. The van der Waals surface area contributed by atoms with Gasteiger partial charge >= 0.3 is 0 Å². The van der Waals surface area contributed by atoms with Crippen molar-refractivity contribution in [2.45, 2.75) is 6.61 Å². The summed E-state index contributed by atoms with van der Waals surface area (Å²) in [6.45, 7) is 2.95. The van der Waals surface area contributed by atoms with Gasteiger partial charge in [-0.15, -0.1) is 0 Å². The summed E-state index contributed by atoms with van der Waals surface area (Å²) in [5.74, 6) is 1.08. The van der Waals surface area contributed by atoms with Crippen LogP contribution in [0.4, 0.5) is 5.69 Å². The minimum atomic E-state index is 0.0224. The highest BCUT2D eigenvalue weighted by molar-refractivity contribution is 5.95. The maximum absolute atomic E-state index is 13.1. The van der Waals surface area contributed by atoms with E-state index < -0.39 is 0 Å². The highest BCUT2D eigenvalue weighted by Gasteiger charge is 2.24. The van der Waals surface area contributed by atoms with E-state index in [1.54, 1.807) is 6.07 Å². The monoisotopic (exact) mass is 388 g/mol. The fraction of sp³-hybridized carbons (Fsp3) is 0.208. The molecular formula is C24H24N2O3. The molecule has 3 aromatic carbocycles. The third-order valence-corrected chi connectivity index (χ3v) is 5.17. The van der Waals surface area contributed by atoms with Crippen molar-refractivity contribution in [1.82, 2.24) is 4.90 Å². The summed E-state index contributed by atoms with van der Waals surface area (Å²) in [6, 6.07) is 24.5. The predicted molar refractivity (Wildman–Crippen MR) is 113 cm³/mol. The van der Waals surface area contributed by atoms with Crippen molar-refractivity contribution in [3.63, 3.8) is 0 Å². The van der Waals surface area contributed by atoms with E-state index in [-0.39, 0.29) is 11.7 Å². The lowest BCUT2D eigenvalue weighted by atomic mass is 10.1. The first kappa shape index (κ1) is 18.9. The van der Waals surface area contributed by atoms with Gasteiger partial charge in [0.25, 0.3) is 5.91 Å². The SMILES string of the molecule is O=C(c1ccccc1COc1ccccc1)N1CCN(c2ccccc2O)CC1. The Kier molecular flexibility index (Phi) is 5.66. The number of amides is 1. The fourth-order valence-electron chi connectivity index (χ4n) is 3.58. The van der Waals surface area contributed by atoms with E-state index in [4.69, 9.17) is 4.74 Å². The van der Waals surface area contributed by atoms with Crippen LogP contribution in [0.25, 0.3) is 0 Å². The average molecular weight is 388 g/mol. The number of rotatable bonds is 5. The van der Waals surface area contributed by atoms with Gasteiger partial charge in [-0.05, 0) is 30.3 Å². The first-order valence-corrected chi connectivity index (χ1v) is 9.80. The first-order chi connectivity index (χ1) is 14.2. The molecular weight excluding hydrogens is 364 g/mol. The highest BCUT2D eigenvalue weighted by Crippen LogP contribution is 2.27. The average Bonchev–Trinajstić information content (AvgIpc) is 2.79. The second kappa shape index (κ2) is 8.69. The summed E-state index contributed by atoms with van der Waals surface area (Å²) in [5.41, 5.74) is 2.38. The molecule has 1 aliphatic rings. The minimum Gasteiger partial charge on any atom is -0.506 e. The molecule has 0 aliphatic carbocycles. The molecule has 0 spiro atoms. The van der Waals surface area contributed by atoms with Gasteiger partial charge in [0.2, 0.25) is 0 Å². The van der Waals surface area contributed by atoms with Crippen LogP contribution in [0.3, 0.4) is 0 Å². The number of hydrogen-bond donors (Lipinski definition) is 1. The van der Waals surface area contributed by atoms with E-state index in [2.05, 4.69) is 4.90 Å². The summed E-state index contributed by atoms with van der Waals surface area (Å²) in [7, 11) is 0. The number of ether oxygens (including phenoxy) is 1. The molecule has 0 bridgehead atoms. The van der Waals surface area contributed by atoms with Crippen molar-refractivity contribution in [2.75, 3.05) is 31.1 Å². The van der Waals surface area contributed by atoms with Gasteiger partial charge in [0.15, 0.2) is 0 Å². The molecule has 1 heterocycles. The number of phenolic OH excluding ortho intramolecular Hbond substituents is 1. The molecule has 1 aliphatic heterocycles. The molecule has 3 aromatic rings. The van der Waals surface area contributed by atoms with E-state index >= 15 is 0 Å². The van der Waals surface area contributed by atoms with Crippen LogP contribution in [0.15, 0.2) is 78.9 Å². The first-order valence-electron chi connectivity index (χ1n) is 9.80. The number of carbonyl (C=O) groups is 1. The third kappa shape index (κ3) is 4.35. The van der Waals surface area contributed by atoms with Gasteiger partial charge in [-0.1, -0.05) is 48.5 Å². The Morgan fingerprint density at radius 1 is 0.828 bits per heavy atom.